The Morgan fingerprint density at radius 3 is 2.73 bits per heavy atom. The molecule has 4 heteroatoms. The summed E-state index contributed by atoms with van der Waals surface area (Å²) in [6.45, 7) is 0.776. The molecule has 1 atom stereocenters. The van der Waals surface area contributed by atoms with Crippen LogP contribution in [0.4, 0.5) is 0 Å². The van der Waals surface area contributed by atoms with Crippen LogP contribution in [0, 0.1) is 0 Å². The van der Waals surface area contributed by atoms with Crippen molar-refractivity contribution in [1.82, 2.24) is 0 Å². The van der Waals surface area contributed by atoms with Crippen LogP contribution in [0.25, 0.3) is 0 Å². The molecule has 0 radical (unpaired) electrons. The number of ether oxygens (including phenoxy) is 2. The predicted molar refractivity (Wildman–Crippen MR) is 52.3 cm³/mol. The molecule has 1 aliphatic rings. The molecule has 0 saturated carbocycles. The van der Waals surface area contributed by atoms with Gasteiger partial charge >= 0.3 is 5.97 Å². The Morgan fingerprint density at radius 1 is 1.40 bits per heavy atom. The van der Waals surface area contributed by atoms with Crippen molar-refractivity contribution in [1.29, 1.82) is 0 Å². The number of carbonyl (C=O) groups is 1. The summed E-state index contributed by atoms with van der Waals surface area (Å²) < 4.78 is 10.2. The zero-order valence-corrected chi connectivity index (χ0v) is 8.18. The Labute approximate surface area is 87.4 Å². The highest BCUT2D eigenvalue weighted by atomic mass is 16.6. The van der Waals surface area contributed by atoms with Crippen molar-refractivity contribution in [2.45, 2.75) is 19.1 Å². The summed E-state index contributed by atoms with van der Waals surface area (Å²) >= 11 is 0. The van der Waals surface area contributed by atoms with Gasteiger partial charge in [-0.05, 0) is 17.7 Å². The first-order valence-corrected chi connectivity index (χ1v) is 4.79. The smallest absolute Gasteiger partial charge is 0.308 e. The minimum atomic E-state index is -0.203. The van der Waals surface area contributed by atoms with E-state index in [1.54, 1.807) is 24.3 Å². The van der Waals surface area contributed by atoms with Crippen LogP contribution in [0.3, 0.4) is 0 Å². The van der Waals surface area contributed by atoms with Gasteiger partial charge in [0.05, 0.1) is 13.0 Å². The van der Waals surface area contributed by atoms with Gasteiger partial charge in [-0.25, -0.2) is 0 Å². The topological polar surface area (TPSA) is 55.8 Å². The van der Waals surface area contributed by atoms with E-state index in [4.69, 9.17) is 14.6 Å². The number of aromatic hydroxyl groups is 1. The zero-order chi connectivity index (χ0) is 10.7. The van der Waals surface area contributed by atoms with Gasteiger partial charge in [0.25, 0.3) is 0 Å². The van der Waals surface area contributed by atoms with E-state index in [9.17, 15) is 4.79 Å². The molecule has 80 valence electrons. The SMILES string of the molecule is O=C1C[C@H](OCc2ccc(O)cc2)CO1. The van der Waals surface area contributed by atoms with Gasteiger partial charge in [0.1, 0.15) is 18.5 Å². The van der Waals surface area contributed by atoms with Crippen molar-refractivity contribution in [3.05, 3.63) is 29.8 Å². The lowest BCUT2D eigenvalue weighted by molar-refractivity contribution is -0.137. The van der Waals surface area contributed by atoms with E-state index in [1.807, 2.05) is 0 Å². The van der Waals surface area contributed by atoms with Crippen LogP contribution in [0.2, 0.25) is 0 Å². The minimum Gasteiger partial charge on any atom is -0.508 e. The van der Waals surface area contributed by atoms with Gasteiger partial charge in [-0.2, -0.15) is 0 Å². The molecule has 1 N–H and O–H groups in total. The number of esters is 1. The van der Waals surface area contributed by atoms with E-state index in [1.165, 1.54) is 0 Å². The number of phenols is 1. The van der Waals surface area contributed by atoms with Crippen LogP contribution in [-0.2, 0) is 20.9 Å². The number of hydrogen-bond acceptors (Lipinski definition) is 4. The van der Waals surface area contributed by atoms with Gasteiger partial charge in [-0.3, -0.25) is 4.79 Å². The lowest BCUT2D eigenvalue weighted by Gasteiger charge is -2.08. The van der Waals surface area contributed by atoms with E-state index in [-0.39, 0.29) is 17.8 Å². The fourth-order valence-electron chi connectivity index (χ4n) is 1.40. The summed E-state index contributed by atoms with van der Waals surface area (Å²) in [5.74, 6) is 0.0313. The molecule has 1 aliphatic heterocycles. The van der Waals surface area contributed by atoms with Gasteiger partial charge in [-0.1, -0.05) is 12.1 Å². The Kier molecular flexibility index (Phi) is 2.87. The average molecular weight is 208 g/mol. The Morgan fingerprint density at radius 2 is 2.13 bits per heavy atom. The van der Waals surface area contributed by atoms with Crippen LogP contribution >= 0.6 is 0 Å². The second kappa shape index (κ2) is 4.31. The van der Waals surface area contributed by atoms with Crippen LogP contribution in [0.15, 0.2) is 24.3 Å². The molecular weight excluding hydrogens is 196 g/mol. The number of hydrogen-bond donors (Lipinski definition) is 1. The van der Waals surface area contributed by atoms with Gasteiger partial charge < -0.3 is 14.6 Å². The van der Waals surface area contributed by atoms with E-state index in [0.717, 1.165) is 5.56 Å². The summed E-state index contributed by atoms with van der Waals surface area (Å²) in [4.78, 5) is 10.8. The second-order valence-corrected chi connectivity index (χ2v) is 3.49. The monoisotopic (exact) mass is 208 g/mol. The molecule has 1 heterocycles. The molecule has 0 aromatic heterocycles. The maximum atomic E-state index is 10.8. The molecule has 15 heavy (non-hydrogen) atoms. The molecule has 0 spiro atoms. The number of phenolic OH excluding ortho intramolecular Hbond substituents is 1. The van der Waals surface area contributed by atoms with Crippen molar-refractivity contribution in [2.24, 2.45) is 0 Å². The van der Waals surface area contributed by atoms with Gasteiger partial charge in [0, 0.05) is 0 Å². The molecule has 1 saturated heterocycles. The molecule has 0 bridgehead atoms. The van der Waals surface area contributed by atoms with Crippen LogP contribution < -0.4 is 0 Å². The van der Waals surface area contributed by atoms with Crippen molar-refractivity contribution in [2.75, 3.05) is 6.61 Å². The molecule has 1 aromatic carbocycles. The van der Waals surface area contributed by atoms with Crippen molar-refractivity contribution >= 4 is 5.97 Å². The van der Waals surface area contributed by atoms with Crippen LogP contribution in [-0.4, -0.2) is 23.8 Å². The minimum absolute atomic E-state index is 0.133. The molecule has 1 fully saturated rings. The molecule has 1 aromatic rings. The summed E-state index contributed by atoms with van der Waals surface area (Å²) in [5, 5.41) is 9.07. The first-order valence-electron chi connectivity index (χ1n) is 4.79. The lowest BCUT2D eigenvalue weighted by Crippen LogP contribution is -2.11. The van der Waals surface area contributed by atoms with Gasteiger partial charge in [0.15, 0.2) is 0 Å². The summed E-state index contributed by atoms with van der Waals surface area (Å²) in [7, 11) is 0. The largest absolute Gasteiger partial charge is 0.508 e. The Bertz CT molecular complexity index is 344. The highest BCUT2D eigenvalue weighted by Crippen LogP contribution is 2.14. The Balaban J connectivity index is 1.83. The maximum Gasteiger partial charge on any atom is 0.308 e. The predicted octanol–water partition coefficient (Wildman–Crippen LogP) is 1.22. The normalized spacial score (nSPS) is 20.3. The quantitative estimate of drug-likeness (QED) is 0.759. The molecule has 0 unspecified atom stereocenters. The first kappa shape index (κ1) is 9.98. The molecule has 0 aliphatic carbocycles. The maximum absolute atomic E-state index is 10.8. The van der Waals surface area contributed by atoms with E-state index in [2.05, 4.69) is 0 Å². The van der Waals surface area contributed by atoms with Gasteiger partial charge in [-0.15, -0.1) is 0 Å². The van der Waals surface area contributed by atoms with E-state index in [0.29, 0.717) is 19.6 Å². The van der Waals surface area contributed by atoms with Gasteiger partial charge in [0.2, 0.25) is 0 Å². The molecule has 4 nitrogen and oxygen atoms in total. The van der Waals surface area contributed by atoms with Crippen molar-refractivity contribution in [3.63, 3.8) is 0 Å². The average Bonchev–Trinajstić information content (AvgIpc) is 2.64. The van der Waals surface area contributed by atoms with Crippen molar-refractivity contribution in [3.8, 4) is 5.75 Å². The van der Waals surface area contributed by atoms with Crippen LogP contribution in [0.1, 0.15) is 12.0 Å². The number of rotatable bonds is 3. The fourth-order valence-corrected chi connectivity index (χ4v) is 1.40. The molecule has 0 amide bonds. The number of benzene rings is 1. The summed E-state index contributed by atoms with van der Waals surface area (Å²) in [5.41, 5.74) is 0.965. The third kappa shape index (κ3) is 2.70. The molecular formula is C11H12O4. The highest BCUT2D eigenvalue weighted by Gasteiger charge is 2.23. The van der Waals surface area contributed by atoms with E-state index < -0.39 is 0 Å². The first-order chi connectivity index (χ1) is 7.24. The Hall–Kier alpha value is -1.55. The zero-order valence-electron chi connectivity index (χ0n) is 8.18. The summed E-state index contributed by atoms with van der Waals surface area (Å²) in [6.07, 6.45) is 0.198. The third-order valence-electron chi connectivity index (χ3n) is 2.25. The number of carbonyl (C=O) groups excluding carboxylic acids is 1. The fraction of sp³-hybridized carbons (Fsp3) is 0.364. The van der Waals surface area contributed by atoms with E-state index >= 15 is 0 Å². The summed E-state index contributed by atoms with van der Waals surface area (Å²) in [6, 6.07) is 6.78. The third-order valence-corrected chi connectivity index (χ3v) is 2.25. The van der Waals surface area contributed by atoms with Crippen LogP contribution in [0.5, 0.6) is 5.75 Å². The number of cyclic esters (lactones) is 1. The highest BCUT2D eigenvalue weighted by molar-refractivity contribution is 5.71. The molecule has 2 rings (SSSR count). The standard InChI is InChI=1S/C11H12O4/c12-9-3-1-8(2-4-9)6-14-10-5-11(13)15-7-10/h1-4,10,12H,5-7H2/t10-/m0/s1. The van der Waals surface area contributed by atoms with Crippen molar-refractivity contribution < 1.29 is 19.4 Å². The second-order valence-electron chi connectivity index (χ2n) is 3.49. The lowest BCUT2D eigenvalue weighted by atomic mass is 10.2.